The monoisotopic (exact) mass is 319 g/mol. The highest BCUT2D eigenvalue weighted by molar-refractivity contribution is 5.61. The lowest BCUT2D eigenvalue weighted by Crippen LogP contribution is -2.06. The van der Waals surface area contributed by atoms with Gasteiger partial charge >= 0.3 is 0 Å². The van der Waals surface area contributed by atoms with Gasteiger partial charge in [-0.2, -0.15) is 4.98 Å². The largest absolute Gasteiger partial charge is 0.366 e. The third kappa shape index (κ3) is 3.87. The average Bonchev–Trinajstić information content (AvgIpc) is 2.58. The van der Waals surface area contributed by atoms with Gasteiger partial charge in [-0.05, 0) is 55.7 Å². The molecule has 0 unspecified atom stereocenters. The van der Waals surface area contributed by atoms with Crippen molar-refractivity contribution in [1.29, 1.82) is 0 Å². The van der Waals surface area contributed by atoms with E-state index in [0.29, 0.717) is 12.5 Å². The zero-order valence-electron chi connectivity index (χ0n) is 14.2. The summed E-state index contributed by atoms with van der Waals surface area (Å²) < 4.78 is 0. The van der Waals surface area contributed by atoms with Crippen LogP contribution in [-0.4, -0.2) is 15.0 Å². The molecule has 0 bridgehead atoms. The van der Waals surface area contributed by atoms with Gasteiger partial charge in [0, 0.05) is 36.4 Å². The Hall–Kier alpha value is -2.95. The first-order valence-electron chi connectivity index (χ1n) is 7.93. The Labute approximate surface area is 142 Å². The van der Waals surface area contributed by atoms with E-state index in [1.165, 1.54) is 11.1 Å². The Morgan fingerprint density at radius 3 is 2.54 bits per heavy atom. The number of rotatable bonds is 5. The third-order valence-electron chi connectivity index (χ3n) is 3.93. The van der Waals surface area contributed by atoms with Gasteiger partial charge < -0.3 is 10.6 Å². The number of hydrogen-bond acceptors (Lipinski definition) is 5. The van der Waals surface area contributed by atoms with E-state index in [2.05, 4.69) is 45.5 Å². The Bertz CT molecular complexity index is 830. The van der Waals surface area contributed by atoms with Crippen LogP contribution in [0.1, 0.15) is 22.4 Å². The molecule has 3 aromatic rings. The number of pyridine rings is 1. The summed E-state index contributed by atoms with van der Waals surface area (Å²) >= 11 is 0. The first-order chi connectivity index (χ1) is 11.6. The van der Waals surface area contributed by atoms with Gasteiger partial charge in [-0.15, -0.1) is 0 Å². The van der Waals surface area contributed by atoms with Crippen molar-refractivity contribution in [3.05, 3.63) is 71.2 Å². The zero-order valence-corrected chi connectivity index (χ0v) is 14.2. The number of anilines is 3. The maximum atomic E-state index is 4.57. The molecule has 0 aliphatic carbocycles. The number of nitrogens with one attached hydrogen (secondary N) is 2. The lowest BCUT2D eigenvalue weighted by atomic mass is 10.1. The lowest BCUT2D eigenvalue weighted by Gasteiger charge is -2.12. The van der Waals surface area contributed by atoms with E-state index in [1.807, 2.05) is 37.3 Å². The molecule has 0 aliphatic heterocycles. The van der Waals surface area contributed by atoms with Crippen LogP contribution in [0.15, 0.2) is 48.8 Å². The molecule has 1 aromatic carbocycles. The van der Waals surface area contributed by atoms with E-state index in [1.54, 1.807) is 12.4 Å². The van der Waals surface area contributed by atoms with Gasteiger partial charge in [-0.25, -0.2) is 4.98 Å². The fourth-order valence-electron chi connectivity index (χ4n) is 2.42. The summed E-state index contributed by atoms with van der Waals surface area (Å²) in [5.74, 6) is 1.40. The van der Waals surface area contributed by atoms with Gasteiger partial charge in [0.2, 0.25) is 5.95 Å². The van der Waals surface area contributed by atoms with E-state index in [9.17, 15) is 0 Å². The molecule has 0 spiro atoms. The number of nitrogens with zero attached hydrogens (tertiary/aromatic N) is 3. The number of aryl methyl sites for hydroxylation is 2. The van der Waals surface area contributed by atoms with E-state index in [4.69, 9.17) is 0 Å². The van der Waals surface area contributed by atoms with Crippen molar-refractivity contribution in [2.24, 2.45) is 0 Å². The summed E-state index contributed by atoms with van der Waals surface area (Å²) in [6.45, 7) is 6.85. The van der Waals surface area contributed by atoms with Gasteiger partial charge in [0.1, 0.15) is 5.82 Å². The fourth-order valence-corrected chi connectivity index (χ4v) is 2.42. The maximum absolute atomic E-state index is 4.57. The van der Waals surface area contributed by atoms with E-state index < -0.39 is 0 Å². The molecule has 0 saturated carbocycles. The second-order valence-corrected chi connectivity index (χ2v) is 5.80. The van der Waals surface area contributed by atoms with Crippen molar-refractivity contribution >= 4 is 17.5 Å². The molecule has 5 heteroatoms. The standard InChI is InChI=1S/C19H21N5/c1-13-5-4-6-17(15(13)3)23-19-22-14(2)11-18(24-19)21-12-16-7-9-20-10-8-16/h4-11H,12H2,1-3H3,(H2,21,22,23,24). The number of benzene rings is 1. The van der Waals surface area contributed by atoms with Crippen molar-refractivity contribution in [2.45, 2.75) is 27.3 Å². The molecule has 122 valence electrons. The molecule has 0 amide bonds. The topological polar surface area (TPSA) is 62.7 Å². The number of hydrogen-bond donors (Lipinski definition) is 2. The third-order valence-corrected chi connectivity index (χ3v) is 3.93. The van der Waals surface area contributed by atoms with Gasteiger partial charge in [0.25, 0.3) is 0 Å². The number of aromatic nitrogens is 3. The van der Waals surface area contributed by atoms with E-state index in [0.717, 1.165) is 22.8 Å². The minimum absolute atomic E-state index is 0.598. The molecule has 0 radical (unpaired) electrons. The van der Waals surface area contributed by atoms with Gasteiger partial charge in [-0.3, -0.25) is 4.98 Å². The Morgan fingerprint density at radius 2 is 1.75 bits per heavy atom. The summed E-state index contributed by atoms with van der Waals surface area (Å²) in [7, 11) is 0. The highest BCUT2D eigenvalue weighted by atomic mass is 15.1. The molecule has 2 aromatic heterocycles. The smallest absolute Gasteiger partial charge is 0.229 e. The molecular formula is C19H21N5. The first-order valence-corrected chi connectivity index (χ1v) is 7.93. The quantitative estimate of drug-likeness (QED) is 0.739. The second-order valence-electron chi connectivity index (χ2n) is 5.80. The normalized spacial score (nSPS) is 10.5. The van der Waals surface area contributed by atoms with Crippen LogP contribution in [0, 0.1) is 20.8 Å². The highest BCUT2D eigenvalue weighted by Crippen LogP contribution is 2.22. The van der Waals surface area contributed by atoms with Crippen LogP contribution in [0.4, 0.5) is 17.5 Å². The summed E-state index contributed by atoms with van der Waals surface area (Å²) in [5, 5.41) is 6.66. The SMILES string of the molecule is Cc1cc(NCc2ccncc2)nc(Nc2cccc(C)c2C)n1. The summed E-state index contributed by atoms with van der Waals surface area (Å²) in [5.41, 5.74) is 5.54. The molecule has 24 heavy (non-hydrogen) atoms. The van der Waals surface area contributed by atoms with Crippen LogP contribution in [0.5, 0.6) is 0 Å². The van der Waals surface area contributed by atoms with Gasteiger partial charge in [-0.1, -0.05) is 12.1 Å². The van der Waals surface area contributed by atoms with Crippen LogP contribution in [0.25, 0.3) is 0 Å². The summed E-state index contributed by atoms with van der Waals surface area (Å²) in [6.07, 6.45) is 3.57. The summed E-state index contributed by atoms with van der Waals surface area (Å²) in [6, 6.07) is 12.1. The molecule has 5 nitrogen and oxygen atoms in total. The predicted molar refractivity (Wildman–Crippen MR) is 97.5 cm³/mol. The van der Waals surface area contributed by atoms with Gasteiger partial charge in [0.05, 0.1) is 0 Å². The van der Waals surface area contributed by atoms with Crippen molar-refractivity contribution in [3.63, 3.8) is 0 Å². The highest BCUT2D eigenvalue weighted by Gasteiger charge is 2.06. The Kier molecular flexibility index (Phi) is 4.70. The first kappa shape index (κ1) is 15.9. The van der Waals surface area contributed by atoms with E-state index in [-0.39, 0.29) is 0 Å². The van der Waals surface area contributed by atoms with Crippen molar-refractivity contribution in [3.8, 4) is 0 Å². The second kappa shape index (κ2) is 7.08. The van der Waals surface area contributed by atoms with Crippen LogP contribution < -0.4 is 10.6 Å². The molecule has 0 saturated heterocycles. The molecule has 0 fully saturated rings. The Morgan fingerprint density at radius 1 is 0.958 bits per heavy atom. The minimum atomic E-state index is 0.598. The molecule has 2 N–H and O–H groups in total. The maximum Gasteiger partial charge on any atom is 0.229 e. The van der Waals surface area contributed by atoms with Crippen molar-refractivity contribution in [2.75, 3.05) is 10.6 Å². The van der Waals surface area contributed by atoms with Gasteiger partial charge in [0.15, 0.2) is 0 Å². The molecule has 3 rings (SSSR count). The minimum Gasteiger partial charge on any atom is -0.366 e. The van der Waals surface area contributed by atoms with Crippen LogP contribution >= 0.6 is 0 Å². The van der Waals surface area contributed by atoms with Crippen LogP contribution in [0.3, 0.4) is 0 Å². The molecule has 2 heterocycles. The van der Waals surface area contributed by atoms with E-state index >= 15 is 0 Å². The molecular weight excluding hydrogens is 298 g/mol. The van der Waals surface area contributed by atoms with Crippen molar-refractivity contribution < 1.29 is 0 Å². The zero-order chi connectivity index (χ0) is 16.9. The average molecular weight is 319 g/mol. The summed E-state index contributed by atoms with van der Waals surface area (Å²) in [4.78, 5) is 13.1. The molecule has 0 atom stereocenters. The molecule has 0 aliphatic rings. The fraction of sp³-hybridized carbons (Fsp3) is 0.211. The predicted octanol–water partition coefficient (Wildman–Crippen LogP) is 4.15. The lowest BCUT2D eigenvalue weighted by molar-refractivity contribution is 1.05. The van der Waals surface area contributed by atoms with Crippen LogP contribution in [-0.2, 0) is 6.54 Å². The Balaban J connectivity index is 1.77. The van der Waals surface area contributed by atoms with Crippen LogP contribution in [0.2, 0.25) is 0 Å². The van der Waals surface area contributed by atoms with Crippen molar-refractivity contribution in [1.82, 2.24) is 15.0 Å².